The number of unbranched alkanes of at least 4 members (excludes halogenated alkanes) is 1. The molecule has 1 aliphatic heterocycles. The summed E-state index contributed by atoms with van der Waals surface area (Å²) in [7, 11) is 0. The molecule has 0 aliphatic carbocycles. The first-order chi connectivity index (χ1) is 13.5. The number of rotatable bonds is 11. The van der Waals surface area contributed by atoms with Gasteiger partial charge in [0.05, 0.1) is 18.9 Å². The van der Waals surface area contributed by atoms with E-state index in [1.807, 2.05) is 26.0 Å². The third-order valence-electron chi connectivity index (χ3n) is 4.73. The fourth-order valence-electron chi connectivity index (χ4n) is 3.29. The van der Waals surface area contributed by atoms with Crippen molar-refractivity contribution < 1.29 is 18.7 Å². The molecular weight excluding hydrogens is 358 g/mol. The molecule has 0 saturated carbocycles. The van der Waals surface area contributed by atoms with Crippen LogP contribution in [0.15, 0.2) is 22.8 Å². The summed E-state index contributed by atoms with van der Waals surface area (Å²) in [6.07, 6.45) is 5.58. The number of amides is 3. The zero-order valence-corrected chi connectivity index (χ0v) is 17.5. The van der Waals surface area contributed by atoms with Gasteiger partial charge in [-0.3, -0.25) is 4.79 Å². The Balaban J connectivity index is 2.02. The second-order valence-electron chi connectivity index (χ2n) is 7.85. The van der Waals surface area contributed by atoms with Crippen molar-refractivity contribution in [1.29, 1.82) is 0 Å². The molecule has 1 saturated heterocycles. The molecule has 0 aromatic carbocycles. The van der Waals surface area contributed by atoms with E-state index in [0.717, 1.165) is 38.1 Å². The molecule has 7 heteroatoms. The minimum atomic E-state index is -0.175. The minimum absolute atomic E-state index is 0.0517. The Morgan fingerprint density at radius 3 is 2.75 bits per heavy atom. The number of hydrogen-bond donors (Lipinski definition) is 1. The third kappa shape index (κ3) is 7.54. The fraction of sp³-hybridized carbons (Fsp3) is 0.714. The predicted octanol–water partition coefficient (Wildman–Crippen LogP) is 3.25. The molecule has 1 fully saturated rings. The van der Waals surface area contributed by atoms with Gasteiger partial charge in [0.1, 0.15) is 12.3 Å². The highest BCUT2D eigenvalue weighted by atomic mass is 16.5. The van der Waals surface area contributed by atoms with Crippen LogP contribution in [-0.2, 0) is 16.1 Å². The van der Waals surface area contributed by atoms with Crippen LogP contribution in [0.5, 0.6) is 0 Å². The van der Waals surface area contributed by atoms with Crippen molar-refractivity contribution in [2.45, 2.75) is 59.1 Å². The zero-order valence-electron chi connectivity index (χ0n) is 17.5. The molecule has 7 nitrogen and oxygen atoms in total. The van der Waals surface area contributed by atoms with Crippen LogP contribution in [0.1, 0.15) is 52.2 Å². The number of ether oxygens (including phenoxy) is 1. The summed E-state index contributed by atoms with van der Waals surface area (Å²) < 4.78 is 11.2. The number of nitrogens with one attached hydrogen (secondary N) is 1. The lowest BCUT2D eigenvalue weighted by molar-refractivity contribution is -0.134. The van der Waals surface area contributed by atoms with Gasteiger partial charge in [-0.25, -0.2) is 4.79 Å². The normalized spacial score (nSPS) is 16.4. The molecule has 3 amide bonds. The first-order valence-corrected chi connectivity index (χ1v) is 10.4. The van der Waals surface area contributed by atoms with Crippen molar-refractivity contribution in [1.82, 2.24) is 15.1 Å². The molecule has 0 radical (unpaired) electrons. The van der Waals surface area contributed by atoms with Crippen molar-refractivity contribution in [2.24, 2.45) is 5.92 Å². The van der Waals surface area contributed by atoms with Gasteiger partial charge in [-0.1, -0.05) is 27.2 Å². The maximum atomic E-state index is 13.1. The highest BCUT2D eigenvalue weighted by Crippen LogP contribution is 2.16. The molecular formula is C21H35N3O4. The van der Waals surface area contributed by atoms with E-state index in [1.54, 1.807) is 16.1 Å². The number of hydrogen-bond acceptors (Lipinski definition) is 4. The van der Waals surface area contributed by atoms with Crippen LogP contribution >= 0.6 is 0 Å². The Hall–Kier alpha value is -2.02. The SMILES string of the molecule is CCCCNC(=O)N(CC(=O)N(Cc1ccco1)C[C@@H]1CCCO1)CC(C)C. The number of urea groups is 1. The maximum absolute atomic E-state index is 13.1. The van der Waals surface area contributed by atoms with Gasteiger partial charge < -0.3 is 24.3 Å². The van der Waals surface area contributed by atoms with E-state index in [2.05, 4.69) is 12.2 Å². The number of furan rings is 1. The third-order valence-corrected chi connectivity index (χ3v) is 4.73. The second-order valence-corrected chi connectivity index (χ2v) is 7.85. The van der Waals surface area contributed by atoms with Gasteiger partial charge in [-0.2, -0.15) is 0 Å². The van der Waals surface area contributed by atoms with E-state index in [-0.39, 0.29) is 30.5 Å². The second kappa shape index (κ2) is 11.7. The maximum Gasteiger partial charge on any atom is 0.317 e. The van der Waals surface area contributed by atoms with Crippen LogP contribution in [0.3, 0.4) is 0 Å². The van der Waals surface area contributed by atoms with Crippen LogP contribution in [0, 0.1) is 5.92 Å². The van der Waals surface area contributed by atoms with E-state index in [4.69, 9.17) is 9.15 Å². The van der Waals surface area contributed by atoms with Crippen LogP contribution in [0.25, 0.3) is 0 Å². The molecule has 0 unspecified atom stereocenters. The largest absolute Gasteiger partial charge is 0.467 e. The summed E-state index contributed by atoms with van der Waals surface area (Å²) in [4.78, 5) is 29.0. The van der Waals surface area contributed by atoms with E-state index in [0.29, 0.717) is 26.2 Å². The van der Waals surface area contributed by atoms with E-state index < -0.39 is 0 Å². The highest BCUT2D eigenvalue weighted by Gasteiger charge is 2.26. The van der Waals surface area contributed by atoms with Gasteiger partial charge in [-0.05, 0) is 37.3 Å². The fourth-order valence-corrected chi connectivity index (χ4v) is 3.29. The lowest BCUT2D eigenvalue weighted by atomic mass is 10.2. The Morgan fingerprint density at radius 1 is 1.32 bits per heavy atom. The zero-order chi connectivity index (χ0) is 20.4. The molecule has 158 valence electrons. The Morgan fingerprint density at radius 2 is 2.14 bits per heavy atom. The van der Waals surface area contributed by atoms with Gasteiger partial charge in [0.15, 0.2) is 0 Å². The summed E-state index contributed by atoms with van der Waals surface area (Å²) in [6.45, 7) is 9.05. The Labute approximate surface area is 168 Å². The summed E-state index contributed by atoms with van der Waals surface area (Å²) in [6, 6.07) is 3.50. The lowest BCUT2D eigenvalue weighted by Gasteiger charge is -2.29. The van der Waals surface area contributed by atoms with Crippen molar-refractivity contribution in [3.05, 3.63) is 24.2 Å². The molecule has 1 aliphatic rings. The summed E-state index contributed by atoms with van der Waals surface area (Å²) in [5, 5.41) is 2.93. The van der Waals surface area contributed by atoms with Crippen LogP contribution in [0.4, 0.5) is 4.79 Å². The van der Waals surface area contributed by atoms with Crippen molar-refractivity contribution >= 4 is 11.9 Å². The Kier molecular flexibility index (Phi) is 9.34. The number of nitrogens with zero attached hydrogens (tertiary/aromatic N) is 2. The van der Waals surface area contributed by atoms with Gasteiger partial charge in [0.2, 0.25) is 5.91 Å². The summed E-state index contributed by atoms with van der Waals surface area (Å²) in [5.41, 5.74) is 0. The van der Waals surface area contributed by atoms with Crippen LogP contribution in [-0.4, -0.2) is 60.6 Å². The molecule has 28 heavy (non-hydrogen) atoms. The van der Waals surface area contributed by atoms with E-state index >= 15 is 0 Å². The standard InChI is InChI=1S/C21H35N3O4/c1-4-5-10-22-21(26)24(13-17(2)3)16-20(25)23(14-18-8-6-11-27-18)15-19-9-7-12-28-19/h6,8,11,17,19H,4-5,7,9-10,12-16H2,1-3H3,(H,22,26)/t19-/m0/s1. The molecule has 1 N–H and O–H groups in total. The molecule has 0 spiro atoms. The van der Waals surface area contributed by atoms with Crippen LogP contribution in [0.2, 0.25) is 0 Å². The molecule has 0 bridgehead atoms. The van der Waals surface area contributed by atoms with Crippen molar-refractivity contribution in [3.8, 4) is 0 Å². The van der Waals surface area contributed by atoms with Gasteiger partial charge in [-0.15, -0.1) is 0 Å². The minimum Gasteiger partial charge on any atom is -0.467 e. The molecule has 2 heterocycles. The van der Waals surface area contributed by atoms with Crippen molar-refractivity contribution in [2.75, 3.05) is 32.8 Å². The average molecular weight is 394 g/mol. The predicted molar refractivity (Wildman–Crippen MR) is 108 cm³/mol. The molecule has 2 rings (SSSR count). The van der Waals surface area contributed by atoms with E-state index in [9.17, 15) is 9.59 Å². The number of carbonyl (C=O) groups is 2. The first kappa shape index (κ1) is 22.3. The topological polar surface area (TPSA) is 75.0 Å². The molecule has 1 aromatic rings. The Bertz CT molecular complexity index is 582. The lowest BCUT2D eigenvalue weighted by Crippen LogP contribution is -2.49. The van der Waals surface area contributed by atoms with Crippen molar-refractivity contribution in [3.63, 3.8) is 0 Å². The van der Waals surface area contributed by atoms with Gasteiger partial charge in [0, 0.05) is 26.2 Å². The smallest absolute Gasteiger partial charge is 0.317 e. The quantitative estimate of drug-likeness (QED) is 0.586. The van der Waals surface area contributed by atoms with Crippen LogP contribution < -0.4 is 5.32 Å². The highest BCUT2D eigenvalue weighted by molar-refractivity contribution is 5.84. The molecule has 1 atom stereocenters. The number of carbonyl (C=O) groups excluding carboxylic acids is 2. The summed E-state index contributed by atoms with van der Waals surface area (Å²) >= 11 is 0. The van der Waals surface area contributed by atoms with Gasteiger partial charge >= 0.3 is 6.03 Å². The van der Waals surface area contributed by atoms with Gasteiger partial charge in [0.25, 0.3) is 0 Å². The average Bonchev–Trinajstić information content (AvgIpc) is 3.34. The first-order valence-electron chi connectivity index (χ1n) is 10.4. The van der Waals surface area contributed by atoms with E-state index in [1.165, 1.54) is 0 Å². The molecule has 1 aromatic heterocycles. The summed E-state index contributed by atoms with van der Waals surface area (Å²) in [5.74, 6) is 0.925. The monoisotopic (exact) mass is 393 g/mol.